The largest absolute Gasteiger partial charge is 0.456 e. The van der Waals surface area contributed by atoms with Gasteiger partial charge in [0.05, 0.1) is 0 Å². The second kappa shape index (κ2) is 12.6. The molecule has 9 aromatic carbocycles. The van der Waals surface area contributed by atoms with E-state index in [9.17, 15) is 0 Å². The molecule has 0 saturated carbocycles. The summed E-state index contributed by atoms with van der Waals surface area (Å²) in [5.41, 5.74) is 9.01. The van der Waals surface area contributed by atoms with Gasteiger partial charge in [-0.1, -0.05) is 158 Å². The van der Waals surface area contributed by atoms with E-state index in [1.54, 1.807) is 0 Å². The minimum atomic E-state index is 0.622. The van der Waals surface area contributed by atoms with Crippen molar-refractivity contribution in [3.05, 3.63) is 188 Å². The predicted molar refractivity (Wildman–Crippen MR) is 227 cm³/mol. The van der Waals surface area contributed by atoms with Crippen molar-refractivity contribution in [2.45, 2.75) is 0 Å². The van der Waals surface area contributed by atoms with Crippen LogP contribution in [0, 0.1) is 0 Å². The van der Waals surface area contributed by atoms with Crippen LogP contribution in [0.5, 0.6) is 0 Å². The molecule has 0 saturated heterocycles. The van der Waals surface area contributed by atoms with Crippen molar-refractivity contribution in [3.8, 4) is 56.4 Å². The first-order valence-corrected chi connectivity index (χ1v) is 18.5. The SMILES string of the molecule is c1ccc(-c2ccccc2-c2nc(-c3ccc4ccccc4c3)nc(-c3ccc(-c4cccc5oc6cc7ccccc7cc6c45)c4ccccc34)n2)cc1. The molecule has 0 N–H and O–H groups in total. The Hall–Kier alpha value is -7.43. The average Bonchev–Trinajstić information content (AvgIpc) is 3.62. The topological polar surface area (TPSA) is 51.8 Å². The summed E-state index contributed by atoms with van der Waals surface area (Å²) < 4.78 is 6.48. The van der Waals surface area contributed by atoms with E-state index in [1.165, 1.54) is 10.8 Å². The molecule has 11 rings (SSSR count). The van der Waals surface area contributed by atoms with Crippen molar-refractivity contribution in [2.24, 2.45) is 0 Å². The highest BCUT2D eigenvalue weighted by atomic mass is 16.3. The first kappa shape index (κ1) is 31.1. The highest BCUT2D eigenvalue weighted by Crippen LogP contribution is 2.43. The van der Waals surface area contributed by atoms with Crippen LogP contribution in [0.4, 0.5) is 0 Å². The van der Waals surface area contributed by atoms with Gasteiger partial charge in [0.15, 0.2) is 17.5 Å². The lowest BCUT2D eigenvalue weighted by Crippen LogP contribution is -2.01. The molecule has 4 nitrogen and oxygen atoms in total. The number of fused-ring (bicyclic) bond motifs is 6. The Labute approximate surface area is 317 Å². The van der Waals surface area contributed by atoms with Gasteiger partial charge >= 0.3 is 0 Å². The van der Waals surface area contributed by atoms with E-state index in [-0.39, 0.29) is 0 Å². The Morgan fingerprint density at radius 2 is 0.873 bits per heavy atom. The molecule has 0 unspecified atom stereocenters. The summed E-state index contributed by atoms with van der Waals surface area (Å²) in [4.78, 5) is 15.7. The van der Waals surface area contributed by atoms with Gasteiger partial charge in [-0.25, -0.2) is 15.0 Å². The van der Waals surface area contributed by atoms with Gasteiger partial charge in [-0.15, -0.1) is 0 Å². The predicted octanol–water partition coefficient (Wildman–Crippen LogP) is 13.6. The maximum atomic E-state index is 6.48. The molecule has 4 heteroatoms. The lowest BCUT2D eigenvalue weighted by Gasteiger charge is -2.15. The normalized spacial score (nSPS) is 11.6. The van der Waals surface area contributed by atoms with Crippen LogP contribution in [-0.4, -0.2) is 15.0 Å². The lowest BCUT2D eigenvalue weighted by atomic mass is 9.92. The van der Waals surface area contributed by atoms with Crippen LogP contribution in [0.2, 0.25) is 0 Å². The fraction of sp³-hybridized carbons (Fsp3) is 0. The minimum Gasteiger partial charge on any atom is -0.456 e. The fourth-order valence-electron chi connectivity index (χ4n) is 8.09. The molecule has 256 valence electrons. The molecule has 0 aliphatic heterocycles. The van der Waals surface area contributed by atoms with Crippen molar-refractivity contribution in [1.29, 1.82) is 0 Å². The van der Waals surface area contributed by atoms with Crippen LogP contribution >= 0.6 is 0 Å². The van der Waals surface area contributed by atoms with Crippen LogP contribution < -0.4 is 0 Å². The van der Waals surface area contributed by atoms with Gasteiger partial charge < -0.3 is 4.42 Å². The van der Waals surface area contributed by atoms with Crippen LogP contribution in [0.15, 0.2) is 192 Å². The summed E-state index contributed by atoms with van der Waals surface area (Å²) in [5, 5.41) is 9.06. The molecule has 0 spiro atoms. The highest BCUT2D eigenvalue weighted by molar-refractivity contribution is 6.18. The molecule has 11 aromatic rings. The number of hydrogen-bond donors (Lipinski definition) is 0. The quantitative estimate of drug-likeness (QED) is 0.179. The molecule has 0 fully saturated rings. The van der Waals surface area contributed by atoms with Crippen molar-refractivity contribution >= 4 is 54.3 Å². The summed E-state index contributed by atoms with van der Waals surface area (Å²) in [5.74, 6) is 1.88. The first-order valence-electron chi connectivity index (χ1n) is 18.5. The van der Waals surface area contributed by atoms with E-state index >= 15 is 0 Å². The second-order valence-electron chi connectivity index (χ2n) is 14.0. The first-order chi connectivity index (χ1) is 27.2. The third kappa shape index (κ3) is 5.26. The van der Waals surface area contributed by atoms with Gasteiger partial charge in [0, 0.05) is 27.5 Å². The van der Waals surface area contributed by atoms with Crippen LogP contribution in [0.25, 0.3) is 111 Å². The molecule has 0 bridgehead atoms. The number of hydrogen-bond acceptors (Lipinski definition) is 4. The third-order valence-electron chi connectivity index (χ3n) is 10.7. The van der Waals surface area contributed by atoms with Crippen LogP contribution in [0.3, 0.4) is 0 Å². The van der Waals surface area contributed by atoms with Gasteiger partial charge in [-0.3, -0.25) is 0 Å². The number of nitrogens with zero attached hydrogens (tertiary/aromatic N) is 3. The molecular weight excluding hydrogens is 671 g/mol. The van der Waals surface area contributed by atoms with Crippen molar-refractivity contribution in [2.75, 3.05) is 0 Å². The maximum absolute atomic E-state index is 6.48. The van der Waals surface area contributed by atoms with E-state index in [4.69, 9.17) is 19.4 Å². The Morgan fingerprint density at radius 1 is 0.291 bits per heavy atom. The zero-order valence-corrected chi connectivity index (χ0v) is 29.6. The van der Waals surface area contributed by atoms with Gasteiger partial charge in [0.25, 0.3) is 0 Å². The molecule has 0 aliphatic carbocycles. The molecule has 0 amide bonds. The molecule has 2 aromatic heterocycles. The molecule has 0 radical (unpaired) electrons. The average molecular weight is 702 g/mol. The van der Waals surface area contributed by atoms with E-state index in [2.05, 4.69) is 176 Å². The van der Waals surface area contributed by atoms with Gasteiger partial charge in [0.2, 0.25) is 0 Å². The smallest absolute Gasteiger partial charge is 0.164 e. The zero-order valence-electron chi connectivity index (χ0n) is 29.6. The number of benzene rings is 9. The van der Waals surface area contributed by atoms with E-state index in [0.717, 1.165) is 82.4 Å². The van der Waals surface area contributed by atoms with Gasteiger partial charge in [-0.2, -0.15) is 0 Å². The Balaban J connectivity index is 1.14. The zero-order chi connectivity index (χ0) is 36.3. The molecule has 0 aliphatic rings. The Bertz CT molecular complexity index is 3270. The van der Waals surface area contributed by atoms with Crippen LogP contribution in [-0.2, 0) is 0 Å². The maximum Gasteiger partial charge on any atom is 0.164 e. The Kier molecular flexibility index (Phi) is 7.14. The highest BCUT2D eigenvalue weighted by Gasteiger charge is 2.20. The fourth-order valence-corrected chi connectivity index (χ4v) is 8.09. The van der Waals surface area contributed by atoms with E-state index in [1.807, 2.05) is 12.1 Å². The number of furan rings is 1. The molecular formula is C51H31N3O. The third-order valence-corrected chi connectivity index (χ3v) is 10.7. The summed E-state index contributed by atoms with van der Waals surface area (Å²) in [6.07, 6.45) is 0. The van der Waals surface area contributed by atoms with Crippen molar-refractivity contribution in [3.63, 3.8) is 0 Å². The lowest BCUT2D eigenvalue weighted by molar-refractivity contribution is 0.669. The molecule has 0 atom stereocenters. The summed E-state index contributed by atoms with van der Waals surface area (Å²) in [7, 11) is 0. The number of aromatic nitrogens is 3. The molecule has 55 heavy (non-hydrogen) atoms. The van der Waals surface area contributed by atoms with Crippen molar-refractivity contribution < 1.29 is 4.42 Å². The van der Waals surface area contributed by atoms with E-state index < -0.39 is 0 Å². The van der Waals surface area contributed by atoms with Crippen LogP contribution in [0.1, 0.15) is 0 Å². The summed E-state index contributed by atoms with van der Waals surface area (Å²) in [6, 6.07) is 65.7. The second-order valence-corrected chi connectivity index (χ2v) is 14.0. The summed E-state index contributed by atoms with van der Waals surface area (Å²) >= 11 is 0. The van der Waals surface area contributed by atoms with Crippen molar-refractivity contribution in [1.82, 2.24) is 15.0 Å². The van der Waals surface area contributed by atoms with E-state index in [0.29, 0.717) is 17.5 Å². The standard InChI is InChI=1S/C51H31N3O/c1-2-14-33(15-3-1)38-19-8-11-22-43(38)50-52-49(37-26-25-32-13-4-5-16-34(32)29-37)53-51(54-50)44-28-27-41(39-20-9-10-21-40(39)44)42-23-12-24-46-48(42)45-30-35-17-6-7-18-36(35)31-47(45)55-46/h1-31H. The van der Waals surface area contributed by atoms with Gasteiger partial charge in [-0.05, 0) is 84.9 Å². The summed E-state index contributed by atoms with van der Waals surface area (Å²) in [6.45, 7) is 0. The van der Waals surface area contributed by atoms with Gasteiger partial charge in [0.1, 0.15) is 11.2 Å². The monoisotopic (exact) mass is 701 g/mol. The number of rotatable bonds is 5. The minimum absolute atomic E-state index is 0.622. The Morgan fingerprint density at radius 3 is 1.67 bits per heavy atom. The molecule has 2 heterocycles.